The number of carbonyl (C=O) groups is 2. The molecular formula is C17H19N3O3S. The molecule has 2 fully saturated rings. The molecule has 4 rings (SSSR count). The van der Waals surface area contributed by atoms with E-state index in [0.29, 0.717) is 17.8 Å². The summed E-state index contributed by atoms with van der Waals surface area (Å²) in [5.41, 5.74) is 3.48. The SMILES string of the molecule is Cc1cc(C)c2oc(NC(=O)[C@@H]3CS[C@@]4(C)CCC(=O)N34)nc2c1. The van der Waals surface area contributed by atoms with Gasteiger partial charge in [0.2, 0.25) is 5.91 Å². The molecule has 2 atom stereocenters. The quantitative estimate of drug-likeness (QED) is 0.906. The second kappa shape index (κ2) is 5.24. The molecule has 2 aromatic rings. The molecule has 24 heavy (non-hydrogen) atoms. The first kappa shape index (κ1) is 15.5. The molecule has 126 valence electrons. The highest BCUT2D eigenvalue weighted by Crippen LogP contribution is 2.47. The number of nitrogens with zero attached hydrogens (tertiary/aromatic N) is 2. The van der Waals surface area contributed by atoms with Gasteiger partial charge >= 0.3 is 6.01 Å². The zero-order valence-corrected chi connectivity index (χ0v) is 14.7. The molecule has 2 aliphatic heterocycles. The lowest BCUT2D eigenvalue weighted by molar-refractivity contribution is -0.136. The number of aromatic nitrogens is 1. The van der Waals surface area contributed by atoms with Crippen molar-refractivity contribution in [1.29, 1.82) is 0 Å². The summed E-state index contributed by atoms with van der Waals surface area (Å²) in [6.45, 7) is 5.98. The Morgan fingerprint density at radius 3 is 3.04 bits per heavy atom. The number of carbonyl (C=O) groups excluding carboxylic acids is 2. The summed E-state index contributed by atoms with van der Waals surface area (Å²) >= 11 is 1.67. The minimum atomic E-state index is -0.465. The highest BCUT2D eigenvalue weighted by atomic mass is 32.2. The molecule has 0 bridgehead atoms. The number of oxazole rings is 1. The lowest BCUT2D eigenvalue weighted by Gasteiger charge is -2.29. The van der Waals surface area contributed by atoms with Crippen molar-refractivity contribution in [3.63, 3.8) is 0 Å². The van der Waals surface area contributed by atoms with Gasteiger partial charge < -0.3 is 9.32 Å². The van der Waals surface area contributed by atoms with Gasteiger partial charge in [0, 0.05) is 12.2 Å². The standard InChI is InChI=1S/C17H19N3O3S/c1-9-6-10(2)14-11(7-9)18-16(23-14)19-15(22)12-8-24-17(3)5-4-13(21)20(12)17/h6-7,12H,4-5,8H2,1-3H3,(H,18,19,22)/t12-,17-/m0/s1. The van der Waals surface area contributed by atoms with Crippen LogP contribution in [0.15, 0.2) is 16.5 Å². The number of aryl methyl sites for hydroxylation is 2. The van der Waals surface area contributed by atoms with E-state index >= 15 is 0 Å². The number of anilines is 1. The Balaban J connectivity index is 1.59. The first-order valence-electron chi connectivity index (χ1n) is 8.02. The van der Waals surface area contributed by atoms with Crippen molar-refractivity contribution < 1.29 is 14.0 Å². The monoisotopic (exact) mass is 345 g/mol. The molecule has 1 N–H and O–H groups in total. The summed E-state index contributed by atoms with van der Waals surface area (Å²) in [5.74, 6) is 0.418. The van der Waals surface area contributed by atoms with Crippen molar-refractivity contribution in [3.8, 4) is 0 Å². The van der Waals surface area contributed by atoms with Gasteiger partial charge in [-0.05, 0) is 44.4 Å². The van der Waals surface area contributed by atoms with Gasteiger partial charge in [-0.15, -0.1) is 11.8 Å². The predicted molar refractivity (Wildman–Crippen MR) is 92.8 cm³/mol. The second-order valence-electron chi connectivity index (χ2n) is 6.70. The van der Waals surface area contributed by atoms with Crippen LogP contribution in [0.25, 0.3) is 11.1 Å². The number of fused-ring (bicyclic) bond motifs is 2. The van der Waals surface area contributed by atoms with Crippen molar-refractivity contribution in [1.82, 2.24) is 9.88 Å². The van der Waals surface area contributed by atoms with Crippen molar-refractivity contribution in [2.75, 3.05) is 11.1 Å². The third kappa shape index (κ3) is 2.30. The first-order valence-corrected chi connectivity index (χ1v) is 9.01. The van der Waals surface area contributed by atoms with Crippen LogP contribution in [-0.4, -0.2) is 38.4 Å². The fraction of sp³-hybridized carbons (Fsp3) is 0.471. The minimum Gasteiger partial charge on any atom is -0.423 e. The Bertz CT molecular complexity index is 862. The van der Waals surface area contributed by atoms with E-state index < -0.39 is 6.04 Å². The fourth-order valence-electron chi connectivity index (χ4n) is 3.63. The number of hydrogen-bond acceptors (Lipinski definition) is 5. The summed E-state index contributed by atoms with van der Waals surface area (Å²) in [6.07, 6.45) is 1.30. The number of hydrogen-bond donors (Lipinski definition) is 1. The molecule has 0 spiro atoms. The van der Waals surface area contributed by atoms with Crippen LogP contribution in [0.5, 0.6) is 0 Å². The van der Waals surface area contributed by atoms with E-state index in [1.54, 1.807) is 16.7 Å². The van der Waals surface area contributed by atoms with Crippen molar-refractivity contribution in [2.45, 2.75) is 44.5 Å². The van der Waals surface area contributed by atoms with Gasteiger partial charge in [-0.3, -0.25) is 14.9 Å². The summed E-state index contributed by atoms with van der Waals surface area (Å²) in [6, 6.07) is 3.66. The lowest BCUT2D eigenvalue weighted by Crippen LogP contribution is -2.48. The third-order valence-corrected chi connectivity index (χ3v) is 6.30. The zero-order chi connectivity index (χ0) is 17.1. The molecule has 2 amide bonds. The Morgan fingerprint density at radius 2 is 2.25 bits per heavy atom. The fourth-order valence-corrected chi connectivity index (χ4v) is 5.07. The summed E-state index contributed by atoms with van der Waals surface area (Å²) in [7, 11) is 0. The molecule has 0 saturated carbocycles. The van der Waals surface area contributed by atoms with Gasteiger partial charge in [0.05, 0.1) is 4.87 Å². The van der Waals surface area contributed by atoms with Crippen LogP contribution in [-0.2, 0) is 9.59 Å². The summed E-state index contributed by atoms with van der Waals surface area (Å²) in [5, 5.41) is 2.75. The van der Waals surface area contributed by atoms with E-state index in [0.717, 1.165) is 23.1 Å². The normalized spacial score (nSPS) is 26.2. The highest BCUT2D eigenvalue weighted by Gasteiger charge is 2.53. The maximum Gasteiger partial charge on any atom is 0.302 e. The van der Waals surface area contributed by atoms with Crippen molar-refractivity contribution in [3.05, 3.63) is 23.3 Å². The number of nitrogens with one attached hydrogen (secondary N) is 1. The molecule has 1 aromatic heterocycles. The topological polar surface area (TPSA) is 75.4 Å². The van der Waals surface area contributed by atoms with Crippen LogP contribution in [0.4, 0.5) is 6.01 Å². The highest BCUT2D eigenvalue weighted by molar-refractivity contribution is 8.01. The number of rotatable bonds is 2. The van der Waals surface area contributed by atoms with Crippen LogP contribution in [0.3, 0.4) is 0 Å². The molecule has 0 unspecified atom stereocenters. The maximum atomic E-state index is 12.7. The molecule has 1 aromatic carbocycles. The second-order valence-corrected chi connectivity index (χ2v) is 8.21. The molecule has 2 saturated heterocycles. The van der Waals surface area contributed by atoms with E-state index in [2.05, 4.69) is 10.3 Å². The van der Waals surface area contributed by atoms with Gasteiger partial charge in [-0.25, -0.2) is 0 Å². The van der Waals surface area contributed by atoms with Gasteiger partial charge in [-0.2, -0.15) is 4.98 Å². The molecule has 7 heteroatoms. The number of benzene rings is 1. The van der Waals surface area contributed by atoms with E-state index in [1.165, 1.54) is 0 Å². The lowest BCUT2D eigenvalue weighted by atomic mass is 10.1. The van der Waals surface area contributed by atoms with Crippen molar-refractivity contribution in [2.24, 2.45) is 0 Å². The molecular weight excluding hydrogens is 326 g/mol. The van der Waals surface area contributed by atoms with Crippen LogP contribution in [0.2, 0.25) is 0 Å². The largest absolute Gasteiger partial charge is 0.423 e. The smallest absolute Gasteiger partial charge is 0.302 e. The van der Waals surface area contributed by atoms with E-state index in [4.69, 9.17) is 4.42 Å². The average Bonchev–Trinajstić information content (AvgIpc) is 3.13. The van der Waals surface area contributed by atoms with Crippen LogP contribution >= 0.6 is 11.8 Å². The molecule has 0 aliphatic carbocycles. The average molecular weight is 345 g/mol. The molecule has 0 radical (unpaired) electrons. The van der Waals surface area contributed by atoms with E-state index in [1.807, 2.05) is 32.9 Å². The number of amides is 2. The minimum absolute atomic E-state index is 0.0479. The zero-order valence-electron chi connectivity index (χ0n) is 13.9. The predicted octanol–water partition coefficient (Wildman–Crippen LogP) is 2.84. The van der Waals surface area contributed by atoms with Gasteiger partial charge in [0.1, 0.15) is 11.6 Å². The van der Waals surface area contributed by atoms with Gasteiger partial charge in [-0.1, -0.05) is 6.07 Å². The van der Waals surface area contributed by atoms with Gasteiger partial charge in [0.25, 0.3) is 5.91 Å². The first-order chi connectivity index (χ1) is 11.4. The molecule has 6 nitrogen and oxygen atoms in total. The Kier molecular flexibility index (Phi) is 3.38. The third-order valence-electron chi connectivity index (χ3n) is 4.80. The Labute approximate surface area is 144 Å². The number of thioether (sulfide) groups is 1. The van der Waals surface area contributed by atoms with E-state index in [9.17, 15) is 9.59 Å². The molecule has 2 aliphatic rings. The van der Waals surface area contributed by atoms with Crippen LogP contribution in [0.1, 0.15) is 30.9 Å². The Hall–Kier alpha value is -2.02. The van der Waals surface area contributed by atoms with Gasteiger partial charge in [0.15, 0.2) is 5.58 Å². The van der Waals surface area contributed by atoms with Crippen LogP contribution in [0, 0.1) is 13.8 Å². The summed E-state index contributed by atoms with van der Waals surface area (Å²) < 4.78 is 5.69. The van der Waals surface area contributed by atoms with Crippen LogP contribution < -0.4 is 5.32 Å². The Morgan fingerprint density at radius 1 is 1.46 bits per heavy atom. The summed E-state index contributed by atoms with van der Waals surface area (Å²) in [4.78, 5) is 30.6. The van der Waals surface area contributed by atoms with E-state index in [-0.39, 0.29) is 22.7 Å². The molecule has 3 heterocycles. The van der Waals surface area contributed by atoms with Crippen molar-refractivity contribution >= 4 is 40.7 Å². The maximum absolute atomic E-state index is 12.7.